The van der Waals surface area contributed by atoms with Gasteiger partial charge in [-0.3, -0.25) is 4.79 Å². The number of carbonyl (C=O) groups is 1. The molecule has 3 N–H and O–H groups in total. The van der Waals surface area contributed by atoms with E-state index in [9.17, 15) is 13.2 Å². The highest BCUT2D eigenvalue weighted by Gasteiger charge is 2.29. The van der Waals surface area contributed by atoms with Gasteiger partial charge in [-0.1, -0.05) is 6.42 Å². The largest absolute Gasteiger partial charge is 0.480 e. The number of nitrogens with one attached hydrogen (secondary N) is 1. The lowest BCUT2D eigenvalue weighted by molar-refractivity contribution is -0.139. The Bertz CT molecular complexity index is 350. The Morgan fingerprint density at radius 1 is 1.29 bits per heavy atom. The monoisotopic (exact) mass is 266 g/mol. The van der Waals surface area contributed by atoms with Crippen molar-refractivity contribution in [1.82, 2.24) is 9.03 Å². The highest BCUT2D eigenvalue weighted by molar-refractivity contribution is 7.87. The number of carboxylic acid groups (broad SMARTS) is 1. The third kappa shape index (κ3) is 4.23. The van der Waals surface area contributed by atoms with Gasteiger partial charge in [0, 0.05) is 19.7 Å². The van der Waals surface area contributed by atoms with E-state index in [1.165, 1.54) is 4.31 Å². The number of hydrogen-bond donors (Lipinski definition) is 3. The molecule has 0 amide bonds. The first kappa shape index (κ1) is 14.4. The van der Waals surface area contributed by atoms with Gasteiger partial charge in [0.25, 0.3) is 10.2 Å². The number of aliphatic carboxylic acids is 1. The van der Waals surface area contributed by atoms with Gasteiger partial charge in [0.2, 0.25) is 0 Å². The van der Waals surface area contributed by atoms with E-state index in [0.717, 1.165) is 19.3 Å². The number of nitrogens with zero attached hydrogens (tertiary/aromatic N) is 1. The SMILES string of the molecule is O=C(O)[C@@H](CCO)NS(=O)(=O)N1CCCCC1. The van der Waals surface area contributed by atoms with Crippen molar-refractivity contribution in [2.45, 2.75) is 31.7 Å². The van der Waals surface area contributed by atoms with E-state index >= 15 is 0 Å². The molecule has 1 aliphatic rings. The minimum atomic E-state index is -3.76. The Labute approximate surface area is 101 Å². The van der Waals surface area contributed by atoms with Crippen LogP contribution in [-0.2, 0) is 15.0 Å². The zero-order valence-electron chi connectivity index (χ0n) is 9.50. The lowest BCUT2D eigenvalue weighted by atomic mass is 10.2. The number of aliphatic hydroxyl groups excluding tert-OH is 1. The molecule has 0 spiro atoms. The van der Waals surface area contributed by atoms with Crippen LogP contribution in [0.1, 0.15) is 25.7 Å². The summed E-state index contributed by atoms with van der Waals surface area (Å²) in [4.78, 5) is 10.8. The first-order valence-electron chi connectivity index (χ1n) is 5.58. The molecule has 0 aromatic rings. The molecular formula is C9H18N2O5S. The molecule has 0 aliphatic carbocycles. The van der Waals surface area contributed by atoms with Crippen molar-refractivity contribution >= 4 is 16.2 Å². The van der Waals surface area contributed by atoms with Crippen LogP contribution in [0.15, 0.2) is 0 Å². The Morgan fingerprint density at radius 3 is 2.35 bits per heavy atom. The van der Waals surface area contributed by atoms with Crippen LogP contribution < -0.4 is 4.72 Å². The predicted molar refractivity (Wildman–Crippen MR) is 60.6 cm³/mol. The van der Waals surface area contributed by atoms with Gasteiger partial charge in [0.15, 0.2) is 0 Å². The smallest absolute Gasteiger partial charge is 0.321 e. The van der Waals surface area contributed by atoms with Gasteiger partial charge in [-0.2, -0.15) is 17.4 Å². The number of rotatable bonds is 6. The Balaban J connectivity index is 2.65. The van der Waals surface area contributed by atoms with Crippen molar-refractivity contribution < 1.29 is 23.4 Å². The van der Waals surface area contributed by atoms with Crippen molar-refractivity contribution in [3.05, 3.63) is 0 Å². The Morgan fingerprint density at radius 2 is 1.88 bits per heavy atom. The van der Waals surface area contributed by atoms with E-state index in [1.807, 2.05) is 0 Å². The summed E-state index contributed by atoms with van der Waals surface area (Å²) in [6.07, 6.45) is 2.44. The van der Waals surface area contributed by atoms with E-state index in [4.69, 9.17) is 10.2 Å². The maximum absolute atomic E-state index is 11.8. The minimum Gasteiger partial charge on any atom is -0.480 e. The lowest BCUT2D eigenvalue weighted by Crippen LogP contribution is -2.50. The van der Waals surface area contributed by atoms with Crippen LogP contribution in [-0.4, -0.2) is 54.6 Å². The van der Waals surface area contributed by atoms with Crippen molar-refractivity contribution in [1.29, 1.82) is 0 Å². The average Bonchev–Trinajstić information content (AvgIpc) is 2.29. The van der Waals surface area contributed by atoms with Crippen LogP contribution in [0.25, 0.3) is 0 Å². The summed E-state index contributed by atoms with van der Waals surface area (Å²) < 4.78 is 27.0. The van der Waals surface area contributed by atoms with Crippen molar-refractivity contribution in [3.63, 3.8) is 0 Å². The topological polar surface area (TPSA) is 107 Å². The van der Waals surface area contributed by atoms with Crippen molar-refractivity contribution in [3.8, 4) is 0 Å². The molecule has 1 fully saturated rings. The Hall–Kier alpha value is -0.700. The molecule has 1 atom stereocenters. The summed E-state index contributed by atoms with van der Waals surface area (Å²) in [6.45, 7) is 0.459. The van der Waals surface area contributed by atoms with Crippen molar-refractivity contribution in [2.75, 3.05) is 19.7 Å². The second kappa shape index (κ2) is 6.29. The summed E-state index contributed by atoms with van der Waals surface area (Å²) in [7, 11) is -3.76. The summed E-state index contributed by atoms with van der Waals surface area (Å²) in [5, 5.41) is 17.5. The fourth-order valence-electron chi connectivity index (χ4n) is 1.72. The van der Waals surface area contributed by atoms with Gasteiger partial charge in [-0.05, 0) is 19.3 Å². The first-order valence-corrected chi connectivity index (χ1v) is 7.02. The second-order valence-electron chi connectivity index (χ2n) is 3.99. The Kier molecular flexibility index (Phi) is 5.31. The molecule has 0 aromatic heterocycles. The molecule has 1 saturated heterocycles. The third-order valence-corrected chi connectivity index (χ3v) is 4.29. The van der Waals surface area contributed by atoms with E-state index in [2.05, 4.69) is 4.72 Å². The molecule has 1 heterocycles. The highest BCUT2D eigenvalue weighted by atomic mass is 32.2. The third-order valence-electron chi connectivity index (χ3n) is 2.66. The zero-order valence-corrected chi connectivity index (χ0v) is 10.3. The summed E-state index contributed by atoms with van der Waals surface area (Å²) in [5.41, 5.74) is 0. The summed E-state index contributed by atoms with van der Waals surface area (Å²) in [5.74, 6) is -1.28. The molecule has 17 heavy (non-hydrogen) atoms. The fraction of sp³-hybridized carbons (Fsp3) is 0.889. The number of piperidine rings is 1. The van der Waals surface area contributed by atoms with Gasteiger partial charge < -0.3 is 10.2 Å². The number of hydrogen-bond acceptors (Lipinski definition) is 4. The normalized spacial score (nSPS) is 20.1. The molecule has 7 nitrogen and oxygen atoms in total. The number of aliphatic hydroxyl groups is 1. The van der Waals surface area contributed by atoms with Gasteiger partial charge in [-0.25, -0.2) is 0 Å². The van der Waals surface area contributed by atoms with E-state index in [-0.39, 0.29) is 13.0 Å². The van der Waals surface area contributed by atoms with Gasteiger partial charge in [0.1, 0.15) is 6.04 Å². The zero-order chi connectivity index (χ0) is 12.9. The molecule has 0 bridgehead atoms. The van der Waals surface area contributed by atoms with Crippen LogP contribution in [0, 0.1) is 0 Å². The van der Waals surface area contributed by atoms with Crippen molar-refractivity contribution in [2.24, 2.45) is 0 Å². The molecule has 8 heteroatoms. The molecule has 0 saturated carbocycles. The summed E-state index contributed by atoms with van der Waals surface area (Å²) in [6, 6.07) is -1.27. The first-order chi connectivity index (χ1) is 7.97. The van der Waals surface area contributed by atoms with E-state index in [1.54, 1.807) is 0 Å². The molecule has 1 rings (SSSR count). The number of carboxylic acids is 1. The maximum atomic E-state index is 11.8. The quantitative estimate of drug-likeness (QED) is 0.580. The predicted octanol–water partition coefficient (Wildman–Crippen LogP) is -0.858. The van der Waals surface area contributed by atoms with Crippen LogP contribution >= 0.6 is 0 Å². The second-order valence-corrected chi connectivity index (χ2v) is 5.69. The molecular weight excluding hydrogens is 248 g/mol. The van der Waals surface area contributed by atoms with Gasteiger partial charge in [-0.15, -0.1) is 0 Å². The minimum absolute atomic E-state index is 0.137. The van der Waals surface area contributed by atoms with Crippen LogP contribution in [0.2, 0.25) is 0 Å². The highest BCUT2D eigenvalue weighted by Crippen LogP contribution is 2.12. The van der Waals surface area contributed by atoms with Crippen LogP contribution in [0.3, 0.4) is 0 Å². The van der Waals surface area contributed by atoms with E-state index in [0.29, 0.717) is 13.1 Å². The molecule has 1 aliphatic heterocycles. The fourth-order valence-corrected chi connectivity index (χ4v) is 3.19. The van der Waals surface area contributed by atoms with Crippen LogP contribution in [0.4, 0.5) is 0 Å². The maximum Gasteiger partial charge on any atom is 0.321 e. The molecule has 100 valence electrons. The molecule has 0 unspecified atom stereocenters. The standard InChI is InChI=1S/C9H18N2O5S/c12-7-4-8(9(13)14)10-17(15,16)11-5-2-1-3-6-11/h8,10,12H,1-7H2,(H,13,14)/t8-/m1/s1. The van der Waals surface area contributed by atoms with Gasteiger partial charge in [0.05, 0.1) is 0 Å². The molecule has 0 aromatic carbocycles. The van der Waals surface area contributed by atoms with Crippen LogP contribution in [0.5, 0.6) is 0 Å². The van der Waals surface area contributed by atoms with Gasteiger partial charge >= 0.3 is 5.97 Å². The lowest BCUT2D eigenvalue weighted by Gasteiger charge is -2.27. The van der Waals surface area contributed by atoms with E-state index < -0.39 is 22.2 Å². The molecule has 0 radical (unpaired) electrons. The summed E-state index contributed by atoms with van der Waals surface area (Å²) >= 11 is 0. The average molecular weight is 266 g/mol.